The van der Waals surface area contributed by atoms with Crippen molar-refractivity contribution in [2.75, 3.05) is 19.7 Å². The van der Waals surface area contributed by atoms with Crippen molar-refractivity contribution in [3.8, 4) is 5.75 Å². The molecule has 0 radical (unpaired) electrons. The lowest BCUT2D eigenvalue weighted by Gasteiger charge is -2.27. The van der Waals surface area contributed by atoms with E-state index in [0.717, 1.165) is 11.1 Å². The van der Waals surface area contributed by atoms with Gasteiger partial charge in [0, 0.05) is 23.5 Å². The van der Waals surface area contributed by atoms with Gasteiger partial charge in [-0.2, -0.15) is 0 Å². The first-order chi connectivity index (χ1) is 14.2. The summed E-state index contributed by atoms with van der Waals surface area (Å²) in [5.74, 6) is 0.323. The first-order valence-corrected chi connectivity index (χ1v) is 10.1. The maximum absolute atomic E-state index is 13.4. The summed E-state index contributed by atoms with van der Waals surface area (Å²) in [7, 11) is 0. The molecule has 4 N–H and O–H groups in total. The van der Waals surface area contributed by atoms with Gasteiger partial charge >= 0.3 is 0 Å². The van der Waals surface area contributed by atoms with Crippen molar-refractivity contribution in [3.63, 3.8) is 0 Å². The zero-order valence-corrected chi connectivity index (χ0v) is 18.2. The highest BCUT2D eigenvalue weighted by atomic mass is 35.5. The maximum Gasteiger partial charge on any atom is 0.255 e. The highest BCUT2D eigenvalue weighted by Crippen LogP contribution is 2.29. The Labute approximate surface area is 181 Å². The summed E-state index contributed by atoms with van der Waals surface area (Å²) >= 11 is 6.24. The molecule has 0 aliphatic rings. The predicted octanol–water partition coefficient (Wildman–Crippen LogP) is 3.38. The molecule has 0 unspecified atom stereocenters. The Morgan fingerprint density at radius 2 is 2.00 bits per heavy atom. The minimum atomic E-state index is -0.527. The van der Waals surface area contributed by atoms with Gasteiger partial charge in [-0.25, -0.2) is 9.38 Å². The van der Waals surface area contributed by atoms with E-state index in [0.29, 0.717) is 36.4 Å². The van der Waals surface area contributed by atoms with E-state index in [-0.39, 0.29) is 17.8 Å². The summed E-state index contributed by atoms with van der Waals surface area (Å²) in [6.45, 7) is 7.54. The highest BCUT2D eigenvalue weighted by molar-refractivity contribution is 6.31. The van der Waals surface area contributed by atoms with E-state index in [1.54, 1.807) is 12.1 Å². The Morgan fingerprint density at radius 1 is 1.23 bits per heavy atom. The SMILES string of the molecule is CCNC(=NCc1cccc(OCC(N)=O)c1)NCC(C)(C)c1ccc(F)cc1Cl. The second-order valence-corrected chi connectivity index (χ2v) is 7.87. The van der Waals surface area contributed by atoms with Gasteiger partial charge in [0.2, 0.25) is 0 Å². The van der Waals surface area contributed by atoms with Gasteiger partial charge in [0.1, 0.15) is 11.6 Å². The third-order valence-corrected chi connectivity index (χ3v) is 4.71. The van der Waals surface area contributed by atoms with Crippen LogP contribution in [0, 0.1) is 5.82 Å². The summed E-state index contributed by atoms with van der Waals surface area (Å²) in [6.07, 6.45) is 0. The minimum absolute atomic E-state index is 0.169. The lowest BCUT2D eigenvalue weighted by molar-refractivity contribution is -0.119. The number of halogens is 2. The quantitative estimate of drug-likeness (QED) is 0.417. The molecule has 0 atom stereocenters. The second-order valence-electron chi connectivity index (χ2n) is 7.46. The Bertz CT molecular complexity index is 902. The molecule has 162 valence electrons. The van der Waals surface area contributed by atoms with E-state index < -0.39 is 5.91 Å². The van der Waals surface area contributed by atoms with Crippen LogP contribution in [-0.4, -0.2) is 31.6 Å². The molecule has 30 heavy (non-hydrogen) atoms. The number of nitrogens with zero attached hydrogens (tertiary/aromatic N) is 1. The molecule has 0 aliphatic carbocycles. The van der Waals surface area contributed by atoms with Gasteiger partial charge in [0.05, 0.1) is 6.54 Å². The van der Waals surface area contributed by atoms with Crippen molar-refractivity contribution in [2.45, 2.75) is 32.7 Å². The van der Waals surface area contributed by atoms with Gasteiger partial charge in [-0.15, -0.1) is 0 Å². The second kappa shape index (κ2) is 10.8. The van der Waals surface area contributed by atoms with E-state index in [1.807, 2.05) is 39.0 Å². The summed E-state index contributed by atoms with van der Waals surface area (Å²) in [5, 5.41) is 6.93. The van der Waals surface area contributed by atoms with Crippen molar-refractivity contribution in [2.24, 2.45) is 10.7 Å². The van der Waals surface area contributed by atoms with Gasteiger partial charge in [0.25, 0.3) is 5.91 Å². The molecule has 0 saturated carbocycles. The molecule has 1 amide bonds. The average molecular weight is 435 g/mol. The van der Waals surface area contributed by atoms with Crippen molar-refractivity contribution in [1.29, 1.82) is 0 Å². The number of hydrogen-bond acceptors (Lipinski definition) is 3. The predicted molar refractivity (Wildman–Crippen MR) is 118 cm³/mol. The van der Waals surface area contributed by atoms with Gasteiger partial charge in [0.15, 0.2) is 12.6 Å². The van der Waals surface area contributed by atoms with Crippen LogP contribution in [0.2, 0.25) is 5.02 Å². The number of nitrogens with one attached hydrogen (secondary N) is 2. The van der Waals surface area contributed by atoms with Crippen molar-refractivity contribution in [1.82, 2.24) is 10.6 Å². The smallest absolute Gasteiger partial charge is 0.255 e. The molecule has 0 aliphatic heterocycles. The number of nitrogens with two attached hydrogens (primary N) is 1. The number of hydrogen-bond donors (Lipinski definition) is 3. The molecular weight excluding hydrogens is 407 g/mol. The molecule has 0 saturated heterocycles. The van der Waals surface area contributed by atoms with Crippen LogP contribution < -0.4 is 21.1 Å². The normalized spacial score (nSPS) is 11.8. The molecule has 2 aromatic rings. The molecule has 0 spiro atoms. The van der Waals surface area contributed by atoms with E-state index in [2.05, 4.69) is 15.6 Å². The molecule has 8 heteroatoms. The number of ether oxygens (including phenoxy) is 1. The first-order valence-electron chi connectivity index (χ1n) is 9.69. The minimum Gasteiger partial charge on any atom is -0.484 e. The van der Waals surface area contributed by atoms with Crippen LogP contribution in [0.1, 0.15) is 31.9 Å². The molecule has 0 heterocycles. The molecule has 6 nitrogen and oxygen atoms in total. The van der Waals surface area contributed by atoms with Gasteiger partial charge in [-0.1, -0.05) is 43.6 Å². The molecule has 0 bridgehead atoms. The van der Waals surface area contributed by atoms with Gasteiger partial charge in [-0.3, -0.25) is 4.79 Å². The van der Waals surface area contributed by atoms with Crippen molar-refractivity contribution >= 4 is 23.5 Å². The number of guanidine groups is 1. The van der Waals surface area contributed by atoms with Crippen LogP contribution in [-0.2, 0) is 16.8 Å². The Kier molecular flexibility index (Phi) is 8.47. The lowest BCUT2D eigenvalue weighted by Crippen LogP contribution is -2.43. The zero-order chi connectivity index (χ0) is 22.1. The van der Waals surface area contributed by atoms with Crippen molar-refractivity contribution < 1.29 is 13.9 Å². The number of benzene rings is 2. The van der Waals surface area contributed by atoms with Crippen LogP contribution >= 0.6 is 11.6 Å². The third kappa shape index (κ3) is 7.22. The Hall–Kier alpha value is -2.80. The molecule has 2 aromatic carbocycles. The van der Waals surface area contributed by atoms with E-state index >= 15 is 0 Å². The maximum atomic E-state index is 13.4. The van der Waals surface area contributed by atoms with Crippen LogP contribution in [0.15, 0.2) is 47.5 Å². The Morgan fingerprint density at radius 3 is 2.67 bits per heavy atom. The highest BCUT2D eigenvalue weighted by Gasteiger charge is 2.24. The van der Waals surface area contributed by atoms with Crippen LogP contribution in [0.4, 0.5) is 4.39 Å². The lowest BCUT2D eigenvalue weighted by atomic mass is 9.84. The number of carbonyl (C=O) groups excluding carboxylic acids is 1. The average Bonchev–Trinajstić information content (AvgIpc) is 2.68. The largest absolute Gasteiger partial charge is 0.484 e. The third-order valence-electron chi connectivity index (χ3n) is 4.40. The van der Waals surface area contributed by atoms with Crippen LogP contribution in [0.3, 0.4) is 0 Å². The van der Waals surface area contributed by atoms with E-state index in [9.17, 15) is 9.18 Å². The van der Waals surface area contributed by atoms with Crippen molar-refractivity contribution in [3.05, 3.63) is 64.4 Å². The standard InChI is InChI=1S/C22H28ClFN4O2/c1-4-26-21(27-12-15-6-5-7-17(10-15)30-13-20(25)29)28-14-22(2,3)18-9-8-16(24)11-19(18)23/h5-11H,4,12-14H2,1-3H3,(H2,25,29)(H2,26,27,28). The summed E-state index contributed by atoms with van der Waals surface area (Å²) in [4.78, 5) is 15.5. The molecule has 0 aromatic heterocycles. The number of amides is 1. The number of primary amides is 1. The van der Waals surface area contributed by atoms with Gasteiger partial charge in [-0.05, 0) is 42.3 Å². The molecule has 2 rings (SSSR count). The fraction of sp³-hybridized carbons (Fsp3) is 0.364. The molecular formula is C22H28ClFN4O2. The van der Waals surface area contributed by atoms with E-state index in [1.165, 1.54) is 12.1 Å². The Balaban J connectivity index is 2.05. The fourth-order valence-electron chi connectivity index (χ4n) is 2.84. The summed E-state index contributed by atoms with van der Waals surface area (Å²) in [5.41, 5.74) is 6.55. The topological polar surface area (TPSA) is 88.7 Å². The van der Waals surface area contributed by atoms with Crippen LogP contribution in [0.25, 0.3) is 0 Å². The monoisotopic (exact) mass is 434 g/mol. The number of carbonyl (C=O) groups is 1. The zero-order valence-electron chi connectivity index (χ0n) is 17.5. The fourth-order valence-corrected chi connectivity index (χ4v) is 3.26. The number of aliphatic imine (C=N–C) groups is 1. The first kappa shape index (κ1) is 23.5. The molecule has 0 fully saturated rings. The van der Waals surface area contributed by atoms with Crippen LogP contribution in [0.5, 0.6) is 5.75 Å². The summed E-state index contributed by atoms with van der Waals surface area (Å²) in [6, 6.07) is 11.8. The number of rotatable bonds is 9. The van der Waals surface area contributed by atoms with E-state index in [4.69, 9.17) is 22.1 Å². The van der Waals surface area contributed by atoms with Gasteiger partial charge < -0.3 is 21.1 Å². The summed E-state index contributed by atoms with van der Waals surface area (Å²) < 4.78 is 18.7.